The van der Waals surface area contributed by atoms with Gasteiger partial charge in [-0.2, -0.15) is 16.8 Å². The summed E-state index contributed by atoms with van der Waals surface area (Å²) in [6.07, 6.45) is 5.08. The molecule has 1 aliphatic rings. The molecular formula is C32H40N4O6S2. The van der Waals surface area contributed by atoms with Crippen LogP contribution in [0.25, 0.3) is 0 Å². The van der Waals surface area contributed by atoms with E-state index >= 15 is 0 Å². The van der Waals surface area contributed by atoms with Crippen LogP contribution < -0.4 is 4.90 Å². The van der Waals surface area contributed by atoms with E-state index in [-0.39, 0.29) is 5.41 Å². The minimum absolute atomic E-state index is 0.233. The maximum Gasteiger partial charge on any atom is 0.261 e. The number of hydrogen-bond acceptors (Lipinski definition) is 8. The van der Waals surface area contributed by atoms with E-state index in [0.717, 1.165) is 38.7 Å². The Bertz CT molecular complexity index is 1480. The number of hydrogen-bond donors (Lipinski definition) is 2. The fraction of sp³-hybridized carbons (Fsp3) is 0.312. The maximum absolute atomic E-state index is 9.19. The van der Waals surface area contributed by atoms with Gasteiger partial charge < -0.3 is 4.90 Å². The van der Waals surface area contributed by atoms with E-state index in [9.17, 15) is 16.8 Å². The maximum atomic E-state index is 9.19. The second-order valence-corrected chi connectivity index (χ2v) is 13.5. The van der Waals surface area contributed by atoms with Crippen molar-refractivity contribution in [3.05, 3.63) is 126 Å². The van der Waals surface area contributed by atoms with Crippen LogP contribution in [0, 0.1) is 5.92 Å². The van der Waals surface area contributed by atoms with Crippen LogP contribution in [0.2, 0.25) is 0 Å². The molecule has 236 valence electrons. The summed E-state index contributed by atoms with van der Waals surface area (Å²) in [7, 11) is -7.33. The quantitative estimate of drug-likeness (QED) is 0.222. The molecule has 1 atom stereocenters. The lowest BCUT2D eigenvalue weighted by molar-refractivity contribution is 0.198. The SMILES string of the molecule is CC(CN1CCN(c2ncccn2)CC1)C(c1ccccc1)(c1ccccc1)c1ccccc1.CS(=O)(=O)O.CS(=O)(=O)O. The van der Waals surface area contributed by atoms with Gasteiger partial charge in [-0.15, -0.1) is 0 Å². The molecule has 0 radical (unpaired) electrons. The Kier molecular flexibility index (Phi) is 12.6. The highest BCUT2D eigenvalue weighted by Crippen LogP contribution is 2.45. The topological polar surface area (TPSA) is 141 Å². The first kappa shape index (κ1) is 34.8. The molecule has 0 aliphatic carbocycles. The molecule has 10 nitrogen and oxygen atoms in total. The fourth-order valence-corrected chi connectivity index (χ4v) is 5.57. The molecule has 44 heavy (non-hydrogen) atoms. The molecule has 1 aromatic heterocycles. The fourth-order valence-electron chi connectivity index (χ4n) is 5.57. The molecule has 4 aromatic rings. The summed E-state index contributed by atoms with van der Waals surface area (Å²) in [6, 6.07) is 35.0. The lowest BCUT2D eigenvalue weighted by Crippen LogP contribution is -2.50. The molecule has 0 saturated carbocycles. The monoisotopic (exact) mass is 640 g/mol. The van der Waals surface area contributed by atoms with Gasteiger partial charge in [-0.1, -0.05) is 97.9 Å². The van der Waals surface area contributed by atoms with Crippen LogP contribution in [0.4, 0.5) is 5.95 Å². The lowest BCUT2D eigenvalue weighted by atomic mass is 9.62. The molecular weight excluding hydrogens is 601 g/mol. The number of benzene rings is 3. The van der Waals surface area contributed by atoms with Crippen molar-refractivity contribution in [1.29, 1.82) is 0 Å². The Balaban J connectivity index is 0.000000461. The van der Waals surface area contributed by atoms with Gasteiger partial charge >= 0.3 is 0 Å². The van der Waals surface area contributed by atoms with Gasteiger partial charge in [0.1, 0.15) is 0 Å². The van der Waals surface area contributed by atoms with Crippen molar-refractivity contribution >= 4 is 26.2 Å². The predicted octanol–water partition coefficient (Wildman–Crippen LogP) is 4.28. The van der Waals surface area contributed by atoms with Crippen molar-refractivity contribution in [2.75, 3.05) is 50.1 Å². The van der Waals surface area contributed by atoms with Crippen molar-refractivity contribution < 1.29 is 25.9 Å². The average Bonchev–Trinajstić information content (AvgIpc) is 2.98. The molecule has 1 aliphatic heterocycles. The van der Waals surface area contributed by atoms with Gasteiger partial charge in [-0.3, -0.25) is 14.0 Å². The predicted molar refractivity (Wildman–Crippen MR) is 174 cm³/mol. The van der Waals surface area contributed by atoms with Crippen LogP contribution >= 0.6 is 0 Å². The molecule has 1 fully saturated rings. The molecule has 1 unspecified atom stereocenters. The molecule has 3 aromatic carbocycles. The van der Waals surface area contributed by atoms with Crippen LogP contribution in [-0.2, 0) is 25.7 Å². The average molecular weight is 641 g/mol. The van der Waals surface area contributed by atoms with E-state index in [1.165, 1.54) is 16.7 Å². The number of piperazine rings is 1. The summed E-state index contributed by atoms with van der Waals surface area (Å²) >= 11 is 0. The lowest BCUT2D eigenvalue weighted by Gasteiger charge is -2.44. The Morgan fingerprint density at radius 3 is 1.34 bits per heavy atom. The molecule has 0 amide bonds. The zero-order valence-corrected chi connectivity index (χ0v) is 26.8. The summed E-state index contributed by atoms with van der Waals surface area (Å²) < 4.78 is 51.7. The van der Waals surface area contributed by atoms with Crippen molar-refractivity contribution in [3.8, 4) is 0 Å². The summed E-state index contributed by atoms with van der Waals surface area (Å²) in [4.78, 5) is 13.8. The number of aromatic nitrogens is 2. The normalized spacial score (nSPS) is 14.8. The highest BCUT2D eigenvalue weighted by atomic mass is 32.2. The van der Waals surface area contributed by atoms with E-state index in [4.69, 9.17) is 9.11 Å². The minimum atomic E-state index is -3.67. The zero-order chi connectivity index (χ0) is 32.2. The van der Waals surface area contributed by atoms with Crippen molar-refractivity contribution in [3.63, 3.8) is 0 Å². The molecule has 2 heterocycles. The van der Waals surface area contributed by atoms with E-state index in [2.05, 4.69) is 118 Å². The second kappa shape index (κ2) is 15.9. The van der Waals surface area contributed by atoms with E-state index in [1.54, 1.807) is 0 Å². The van der Waals surface area contributed by atoms with Gasteiger partial charge in [-0.25, -0.2) is 9.97 Å². The standard InChI is InChI=1S/C30H32N4.2CH4O3S/c1-25(24-33-20-22-34(23-21-33)29-31-18-11-19-32-29)30(26-12-5-2-6-13-26,27-14-7-3-8-15-27)28-16-9-4-10-17-28;2*1-5(2,3)4/h2-19,25H,20-24H2,1H3;2*1H3,(H,2,3,4). The third-order valence-corrected chi connectivity index (χ3v) is 7.17. The summed E-state index contributed by atoms with van der Waals surface area (Å²) in [6.45, 7) is 7.35. The number of nitrogens with zero attached hydrogens (tertiary/aromatic N) is 4. The Morgan fingerprint density at radius 1 is 0.659 bits per heavy atom. The van der Waals surface area contributed by atoms with E-state index in [0.29, 0.717) is 18.4 Å². The molecule has 1 saturated heterocycles. The Hall–Kier alpha value is -3.68. The van der Waals surface area contributed by atoms with Gasteiger partial charge in [0.15, 0.2) is 0 Å². The van der Waals surface area contributed by atoms with Crippen LogP contribution in [-0.4, -0.2) is 86.0 Å². The summed E-state index contributed by atoms with van der Waals surface area (Å²) in [5, 5.41) is 0. The number of anilines is 1. The highest BCUT2D eigenvalue weighted by Gasteiger charge is 2.42. The van der Waals surface area contributed by atoms with Gasteiger partial charge in [0.2, 0.25) is 5.95 Å². The zero-order valence-electron chi connectivity index (χ0n) is 25.1. The molecule has 0 spiro atoms. The van der Waals surface area contributed by atoms with Crippen LogP contribution in [0.5, 0.6) is 0 Å². The van der Waals surface area contributed by atoms with Gasteiger partial charge in [0.25, 0.3) is 20.2 Å². The first-order valence-corrected chi connectivity index (χ1v) is 17.7. The van der Waals surface area contributed by atoms with Crippen LogP contribution in [0.1, 0.15) is 23.6 Å². The van der Waals surface area contributed by atoms with Crippen LogP contribution in [0.3, 0.4) is 0 Å². The van der Waals surface area contributed by atoms with Gasteiger partial charge in [0.05, 0.1) is 12.5 Å². The largest absolute Gasteiger partial charge is 0.338 e. The van der Waals surface area contributed by atoms with Gasteiger partial charge in [0, 0.05) is 50.5 Å². The third-order valence-electron chi connectivity index (χ3n) is 7.17. The molecule has 5 rings (SSSR count). The first-order valence-electron chi connectivity index (χ1n) is 14.0. The van der Waals surface area contributed by atoms with Crippen molar-refractivity contribution in [2.24, 2.45) is 5.92 Å². The molecule has 12 heteroatoms. The Labute approximate surface area is 260 Å². The van der Waals surface area contributed by atoms with E-state index in [1.807, 2.05) is 18.5 Å². The first-order chi connectivity index (χ1) is 20.8. The minimum Gasteiger partial charge on any atom is -0.338 e. The molecule has 2 N–H and O–H groups in total. The molecule has 0 bridgehead atoms. The number of rotatable bonds is 7. The highest BCUT2D eigenvalue weighted by molar-refractivity contribution is 7.85. The van der Waals surface area contributed by atoms with Crippen LogP contribution in [0.15, 0.2) is 109 Å². The second-order valence-electron chi connectivity index (χ2n) is 10.6. The van der Waals surface area contributed by atoms with Gasteiger partial charge in [-0.05, 0) is 28.7 Å². The summed E-state index contributed by atoms with van der Waals surface area (Å²) in [5.74, 6) is 1.20. The third kappa shape index (κ3) is 10.8. The van der Waals surface area contributed by atoms with E-state index < -0.39 is 20.2 Å². The smallest absolute Gasteiger partial charge is 0.261 e. The van der Waals surface area contributed by atoms with Crippen molar-refractivity contribution in [1.82, 2.24) is 14.9 Å². The summed E-state index contributed by atoms with van der Waals surface area (Å²) in [5.41, 5.74) is 3.80. The van der Waals surface area contributed by atoms with Crippen molar-refractivity contribution in [2.45, 2.75) is 12.3 Å². The Morgan fingerprint density at radius 2 is 1.00 bits per heavy atom.